The summed E-state index contributed by atoms with van der Waals surface area (Å²) >= 11 is 5.81. The quantitative estimate of drug-likeness (QED) is 0.202. The lowest BCUT2D eigenvalue weighted by atomic mass is 10.2. The lowest BCUT2D eigenvalue weighted by Crippen LogP contribution is -2.51. The summed E-state index contributed by atoms with van der Waals surface area (Å²) in [6.07, 6.45) is 3.09. The van der Waals surface area contributed by atoms with Crippen LogP contribution in [0.4, 0.5) is 9.59 Å². The number of thiazole rings is 3. The average Bonchev–Trinajstić information content (AvgIpc) is 3.99. The van der Waals surface area contributed by atoms with E-state index in [1.807, 2.05) is 20.8 Å². The van der Waals surface area contributed by atoms with Crippen LogP contribution >= 0.6 is 60.6 Å². The fraction of sp³-hybridized carbons (Fsp3) is 0.576. The van der Waals surface area contributed by atoms with Gasteiger partial charge in [0.25, 0.3) is 19.1 Å². The van der Waals surface area contributed by atoms with Crippen molar-refractivity contribution in [1.82, 2.24) is 34.4 Å². The average molecular weight is 1040 g/mol. The van der Waals surface area contributed by atoms with Crippen LogP contribution in [0.15, 0.2) is 31.2 Å². The predicted molar refractivity (Wildman–Crippen MR) is 228 cm³/mol. The van der Waals surface area contributed by atoms with Crippen molar-refractivity contribution >= 4 is 110 Å². The van der Waals surface area contributed by atoms with Gasteiger partial charge in [0.15, 0.2) is 3.92 Å². The Balaban J connectivity index is 0.000000302. The zero-order chi connectivity index (χ0) is 46.3. The largest absolute Gasteiger partial charge is 0.465 e. The molecular weight excluding hydrogens is 994 g/mol. The molecule has 2 saturated heterocycles. The Morgan fingerprint density at radius 2 is 1.02 bits per heavy atom. The maximum Gasteiger partial charge on any atom is 0.410 e. The SMILES string of the molecule is CC(C)(C)OC(=O)N1CCNCC1.COC(=O)c1cnc(Br)s1.COC(=O)c1cnc(S(=O)(=O)Cl)s1.COC(=O)c1cnc(S(=O)(=O)N2CCN(C(=O)OC(C)(C)C)CC2)s1. The van der Waals surface area contributed by atoms with Crippen molar-refractivity contribution in [2.24, 2.45) is 0 Å². The Morgan fingerprint density at radius 3 is 1.38 bits per heavy atom. The Bertz CT molecular complexity index is 2170. The molecule has 342 valence electrons. The number of nitrogens with zero attached hydrogens (tertiary/aromatic N) is 6. The van der Waals surface area contributed by atoms with Crippen LogP contribution in [-0.2, 0) is 42.8 Å². The Morgan fingerprint density at radius 1 is 0.639 bits per heavy atom. The van der Waals surface area contributed by atoms with E-state index in [9.17, 15) is 40.8 Å². The van der Waals surface area contributed by atoms with Gasteiger partial charge in [0.2, 0.25) is 8.68 Å². The number of piperazine rings is 2. The molecule has 0 radical (unpaired) electrons. The second-order valence-corrected chi connectivity index (χ2v) is 23.2. The lowest BCUT2D eigenvalue weighted by Gasteiger charge is -2.34. The van der Waals surface area contributed by atoms with Crippen molar-refractivity contribution in [2.45, 2.75) is 61.4 Å². The summed E-state index contributed by atoms with van der Waals surface area (Å²) in [6.45, 7) is 14.9. The third-order valence-corrected chi connectivity index (χ3v) is 14.7. The molecule has 3 aromatic heterocycles. The van der Waals surface area contributed by atoms with E-state index < -0.39 is 42.7 Å². The zero-order valence-corrected chi connectivity index (χ0v) is 41.0. The predicted octanol–water partition coefficient (Wildman–Crippen LogP) is 4.55. The summed E-state index contributed by atoms with van der Waals surface area (Å²) in [6, 6.07) is 0. The fourth-order valence-electron chi connectivity index (χ4n) is 4.31. The number of esters is 3. The highest BCUT2D eigenvalue weighted by molar-refractivity contribution is 9.11. The minimum atomic E-state index is -3.85. The molecule has 2 aliphatic heterocycles. The topological polar surface area (TPSA) is 260 Å². The normalized spacial score (nSPS) is 14.7. The number of rotatable bonds is 6. The molecule has 0 unspecified atom stereocenters. The molecule has 5 rings (SSSR count). The molecule has 0 aromatic carbocycles. The molecule has 1 N–H and O–H groups in total. The number of sulfonamides is 1. The Labute approximate surface area is 378 Å². The number of carbonyl (C=O) groups excluding carboxylic acids is 5. The van der Waals surface area contributed by atoms with Crippen LogP contribution in [0.5, 0.6) is 0 Å². The highest BCUT2D eigenvalue weighted by Gasteiger charge is 2.34. The molecule has 0 bridgehead atoms. The molecule has 28 heteroatoms. The molecule has 21 nitrogen and oxygen atoms in total. The first-order valence-electron chi connectivity index (χ1n) is 17.6. The monoisotopic (exact) mass is 1040 g/mol. The van der Waals surface area contributed by atoms with Crippen LogP contribution in [0, 0.1) is 0 Å². The van der Waals surface area contributed by atoms with Crippen LogP contribution in [0.3, 0.4) is 0 Å². The lowest BCUT2D eigenvalue weighted by molar-refractivity contribution is 0.0190. The first-order chi connectivity index (χ1) is 28.2. The number of hydrogen-bond donors (Lipinski definition) is 1. The van der Waals surface area contributed by atoms with E-state index in [0.29, 0.717) is 20.1 Å². The van der Waals surface area contributed by atoms with Gasteiger partial charge in [-0.05, 0) is 57.5 Å². The molecule has 0 aliphatic carbocycles. The summed E-state index contributed by atoms with van der Waals surface area (Å²) in [5.41, 5.74) is -0.993. The number of carbonyl (C=O) groups is 5. The minimum absolute atomic E-state index is 0.0988. The molecular formula is C33H47BrClN7O14S5. The Kier molecular flexibility index (Phi) is 20.9. The van der Waals surface area contributed by atoms with Crippen molar-refractivity contribution < 1.29 is 64.5 Å². The van der Waals surface area contributed by atoms with Gasteiger partial charge in [-0.2, -0.15) is 4.31 Å². The van der Waals surface area contributed by atoms with E-state index in [2.05, 4.69) is 50.4 Å². The van der Waals surface area contributed by atoms with Gasteiger partial charge in [-0.25, -0.2) is 55.8 Å². The van der Waals surface area contributed by atoms with Crippen LogP contribution in [0.1, 0.15) is 70.6 Å². The number of nitrogens with one attached hydrogen (secondary N) is 1. The van der Waals surface area contributed by atoms with Gasteiger partial charge in [0.05, 0.1) is 39.9 Å². The first kappa shape index (κ1) is 53.6. The highest BCUT2D eigenvalue weighted by Crippen LogP contribution is 2.25. The van der Waals surface area contributed by atoms with Gasteiger partial charge in [0, 0.05) is 63.0 Å². The van der Waals surface area contributed by atoms with E-state index in [1.165, 1.54) is 54.3 Å². The zero-order valence-electron chi connectivity index (χ0n) is 34.6. The highest BCUT2D eigenvalue weighted by atomic mass is 79.9. The van der Waals surface area contributed by atoms with E-state index in [1.54, 1.807) is 25.7 Å². The summed E-state index contributed by atoms with van der Waals surface area (Å²) in [5.74, 6) is -1.61. The van der Waals surface area contributed by atoms with Crippen molar-refractivity contribution in [3.8, 4) is 0 Å². The third-order valence-electron chi connectivity index (χ3n) is 7.03. The van der Waals surface area contributed by atoms with Crippen LogP contribution in [-0.4, -0.2) is 161 Å². The van der Waals surface area contributed by atoms with Gasteiger partial charge in [0.1, 0.15) is 25.8 Å². The van der Waals surface area contributed by atoms with Gasteiger partial charge >= 0.3 is 30.1 Å². The van der Waals surface area contributed by atoms with Crippen molar-refractivity contribution in [1.29, 1.82) is 0 Å². The standard InChI is InChI=1S/C14H21N3O6S2.C9H18N2O2.C5H4BrNO2S.C5H4ClNO4S2/c1-14(2,3)23-13(19)16-5-7-17(8-6-16)25(20,21)12-15-9-10(24-12)11(18)22-4;1-9(2,3)13-8(12)11-6-4-10-5-7-11;1-9-4(8)3-2-7-5(6)10-3;1-11-4(8)3-2-7-5(12-3)13(6,9)10/h9H,5-8H2,1-4H3;10H,4-7H2,1-3H3;2H,1H3;2H,1H3. The maximum absolute atomic E-state index is 12.6. The number of ether oxygens (including phenoxy) is 5. The van der Waals surface area contributed by atoms with Gasteiger partial charge in [-0.3, -0.25) is 0 Å². The summed E-state index contributed by atoms with van der Waals surface area (Å²) < 4.78 is 72.0. The van der Waals surface area contributed by atoms with Gasteiger partial charge in [-0.15, -0.1) is 11.3 Å². The molecule has 3 aromatic rings. The van der Waals surface area contributed by atoms with E-state index in [-0.39, 0.29) is 62.3 Å². The van der Waals surface area contributed by atoms with E-state index in [4.69, 9.17) is 20.2 Å². The van der Waals surface area contributed by atoms with Crippen LogP contribution in [0.25, 0.3) is 0 Å². The first-order valence-corrected chi connectivity index (χ1v) is 24.6. The molecule has 2 amide bonds. The third kappa shape index (κ3) is 18.4. The summed E-state index contributed by atoms with van der Waals surface area (Å²) in [5, 5.41) is 3.18. The number of hydrogen-bond acceptors (Lipinski definition) is 21. The number of aromatic nitrogens is 3. The van der Waals surface area contributed by atoms with Gasteiger partial charge < -0.3 is 38.8 Å². The summed E-state index contributed by atoms with van der Waals surface area (Å²) in [7, 11) is 1.07. The second kappa shape index (κ2) is 23.8. The molecule has 0 saturated carbocycles. The molecule has 61 heavy (non-hydrogen) atoms. The molecule has 2 aliphatic rings. The number of amides is 2. The van der Waals surface area contributed by atoms with Gasteiger partial charge in [-0.1, -0.05) is 22.7 Å². The van der Waals surface area contributed by atoms with Crippen molar-refractivity contribution in [2.75, 3.05) is 73.7 Å². The molecule has 2 fully saturated rings. The number of halogens is 2. The maximum atomic E-state index is 12.6. The molecule has 0 atom stereocenters. The second-order valence-electron chi connectivity index (χ2n) is 14.0. The Hall–Kier alpha value is -3.57. The molecule has 5 heterocycles. The fourth-order valence-corrected chi connectivity index (χ4v) is 9.93. The van der Waals surface area contributed by atoms with E-state index in [0.717, 1.165) is 43.7 Å². The van der Waals surface area contributed by atoms with E-state index >= 15 is 0 Å². The number of methoxy groups -OCH3 is 3. The minimum Gasteiger partial charge on any atom is -0.465 e. The van der Waals surface area contributed by atoms with Crippen LogP contribution < -0.4 is 5.32 Å². The van der Waals surface area contributed by atoms with Crippen molar-refractivity contribution in [3.05, 3.63) is 37.1 Å². The smallest absolute Gasteiger partial charge is 0.410 e. The van der Waals surface area contributed by atoms with Crippen LogP contribution in [0.2, 0.25) is 0 Å². The molecule has 0 spiro atoms. The summed E-state index contributed by atoms with van der Waals surface area (Å²) in [4.78, 5) is 71.6. The van der Waals surface area contributed by atoms with Crippen molar-refractivity contribution in [3.63, 3.8) is 0 Å².